The van der Waals surface area contributed by atoms with Gasteiger partial charge in [-0.25, -0.2) is 0 Å². The van der Waals surface area contributed by atoms with Crippen molar-refractivity contribution in [2.45, 2.75) is 0 Å². The van der Waals surface area contributed by atoms with Crippen molar-refractivity contribution in [2.75, 3.05) is 0 Å². The van der Waals surface area contributed by atoms with E-state index in [2.05, 4.69) is 23.7 Å². The molecule has 0 atom stereocenters. The number of hydrogen-bond acceptors (Lipinski definition) is 0. The van der Waals surface area contributed by atoms with E-state index >= 15 is 0 Å². The summed E-state index contributed by atoms with van der Waals surface area (Å²) >= 11 is 0. The van der Waals surface area contributed by atoms with Gasteiger partial charge in [0.05, 0.1) is 5.56 Å². The Hall–Kier alpha value is -3.84. The minimum absolute atomic E-state index is 0.600. The Morgan fingerprint density at radius 1 is 0.500 bits per heavy atom. The van der Waals surface area contributed by atoms with Gasteiger partial charge in [-0.2, -0.15) is 0 Å². The maximum absolute atomic E-state index is 5.76. The summed E-state index contributed by atoms with van der Waals surface area (Å²) in [6.07, 6.45) is 22.9. The molecule has 0 saturated heterocycles. The van der Waals surface area contributed by atoms with Crippen LogP contribution in [0.3, 0.4) is 0 Å². The van der Waals surface area contributed by atoms with Crippen molar-refractivity contribution >= 4 is 32.3 Å². The Kier molecular flexibility index (Phi) is 2.78. The van der Waals surface area contributed by atoms with E-state index in [1.165, 1.54) is 0 Å². The van der Waals surface area contributed by atoms with E-state index in [0.717, 1.165) is 37.9 Å². The second-order valence-electron chi connectivity index (χ2n) is 5.56. The molecule has 0 heterocycles. The smallest absolute Gasteiger partial charge is 0.0568 e. The molecule has 0 fully saturated rings. The molecule has 106 valence electrons. The molecular weight excluding hydrogens is 288 g/mol. The molecule has 0 N–H and O–H groups in total. The van der Waals surface area contributed by atoms with Crippen molar-refractivity contribution in [2.24, 2.45) is 0 Å². The molecule has 24 heavy (non-hydrogen) atoms. The van der Waals surface area contributed by atoms with Crippen molar-refractivity contribution in [1.29, 1.82) is 0 Å². The summed E-state index contributed by atoms with van der Waals surface area (Å²) < 4.78 is 0. The van der Waals surface area contributed by atoms with Gasteiger partial charge in [-0.1, -0.05) is 54.0 Å². The van der Waals surface area contributed by atoms with Gasteiger partial charge in [-0.05, 0) is 38.4 Å². The third kappa shape index (κ3) is 1.53. The summed E-state index contributed by atoms with van der Waals surface area (Å²) in [5.41, 5.74) is 2.78. The van der Waals surface area contributed by atoms with E-state index in [4.69, 9.17) is 25.7 Å². The van der Waals surface area contributed by atoms with E-state index in [1.54, 1.807) is 0 Å². The van der Waals surface area contributed by atoms with Gasteiger partial charge < -0.3 is 0 Å². The highest BCUT2D eigenvalue weighted by Crippen LogP contribution is 2.40. The fourth-order valence-electron chi connectivity index (χ4n) is 3.53. The number of rotatable bonds is 0. The summed E-state index contributed by atoms with van der Waals surface area (Å²) in [5.74, 6) is 10.9. The molecule has 4 aromatic rings. The van der Waals surface area contributed by atoms with Crippen molar-refractivity contribution < 1.29 is 0 Å². The summed E-state index contributed by atoms with van der Waals surface area (Å²) in [5, 5.41) is 6.10. The standard InChI is InChI=1S/C24H10/c1-5-15-9-10-16-11-12-21-18(7-3)17(6-2)19(8-4)22-14-13-20(15)23(16)24(21)22/h1-4,9-14H. The number of benzene rings is 4. The van der Waals surface area contributed by atoms with Gasteiger partial charge in [-0.15, -0.1) is 25.7 Å². The van der Waals surface area contributed by atoms with E-state index in [9.17, 15) is 0 Å². The fraction of sp³-hybridized carbons (Fsp3) is 0. The topological polar surface area (TPSA) is 0 Å². The average Bonchev–Trinajstić information content (AvgIpc) is 2.64. The van der Waals surface area contributed by atoms with Gasteiger partial charge in [0, 0.05) is 16.7 Å². The van der Waals surface area contributed by atoms with E-state index in [0.29, 0.717) is 16.7 Å². The summed E-state index contributed by atoms with van der Waals surface area (Å²) in [6, 6.07) is 12.0. The molecule has 0 amide bonds. The Bertz CT molecular complexity index is 1280. The van der Waals surface area contributed by atoms with Gasteiger partial charge in [0.1, 0.15) is 0 Å². The Morgan fingerprint density at radius 2 is 1.04 bits per heavy atom. The first-order chi connectivity index (χ1) is 11.7. The van der Waals surface area contributed by atoms with Crippen LogP contribution in [0.25, 0.3) is 32.3 Å². The fourth-order valence-corrected chi connectivity index (χ4v) is 3.53. The normalized spacial score (nSPS) is 10.3. The highest BCUT2D eigenvalue weighted by Gasteiger charge is 2.18. The second kappa shape index (κ2) is 4.83. The van der Waals surface area contributed by atoms with Crippen LogP contribution in [0.1, 0.15) is 22.3 Å². The molecule has 0 radical (unpaired) electrons. The molecule has 0 heteroatoms. The summed E-state index contributed by atoms with van der Waals surface area (Å²) in [4.78, 5) is 0. The average molecular weight is 298 g/mol. The van der Waals surface area contributed by atoms with Crippen LogP contribution in [0.15, 0.2) is 36.4 Å². The predicted molar refractivity (Wildman–Crippen MR) is 102 cm³/mol. The van der Waals surface area contributed by atoms with Gasteiger partial charge in [0.15, 0.2) is 0 Å². The quantitative estimate of drug-likeness (QED) is 0.331. The zero-order valence-electron chi connectivity index (χ0n) is 12.8. The Morgan fingerprint density at radius 3 is 1.62 bits per heavy atom. The molecule has 0 aliphatic heterocycles. The molecule has 0 aromatic heterocycles. The lowest BCUT2D eigenvalue weighted by Crippen LogP contribution is -1.96. The molecule has 0 aliphatic rings. The molecule has 4 aromatic carbocycles. The lowest BCUT2D eigenvalue weighted by Gasteiger charge is -2.16. The lowest BCUT2D eigenvalue weighted by molar-refractivity contribution is 1.63. The Balaban J connectivity index is 2.46. The van der Waals surface area contributed by atoms with Crippen LogP contribution in [0, 0.1) is 49.4 Å². The zero-order chi connectivity index (χ0) is 16.8. The number of terminal acetylenes is 4. The van der Waals surface area contributed by atoms with Gasteiger partial charge in [0.25, 0.3) is 0 Å². The maximum atomic E-state index is 5.76. The first-order valence-electron chi connectivity index (χ1n) is 7.39. The second-order valence-corrected chi connectivity index (χ2v) is 5.56. The highest BCUT2D eigenvalue weighted by molar-refractivity contribution is 6.26. The minimum atomic E-state index is 0.600. The molecule has 0 spiro atoms. The first kappa shape index (κ1) is 13.8. The van der Waals surface area contributed by atoms with Crippen molar-refractivity contribution in [1.82, 2.24) is 0 Å². The van der Waals surface area contributed by atoms with Crippen LogP contribution in [-0.2, 0) is 0 Å². The SMILES string of the molecule is C#Cc1c(C#C)c2ccc3ccc(C#C)c4ccc(c1C#C)c2c34. The molecule has 0 aliphatic carbocycles. The van der Waals surface area contributed by atoms with Crippen LogP contribution < -0.4 is 0 Å². The summed E-state index contributed by atoms with van der Waals surface area (Å²) in [6.45, 7) is 0. The third-order valence-electron chi connectivity index (χ3n) is 4.54. The summed E-state index contributed by atoms with van der Waals surface area (Å²) in [7, 11) is 0. The van der Waals surface area contributed by atoms with Gasteiger partial charge >= 0.3 is 0 Å². The molecule has 0 saturated carbocycles. The third-order valence-corrected chi connectivity index (χ3v) is 4.54. The highest BCUT2D eigenvalue weighted by atomic mass is 14.2. The van der Waals surface area contributed by atoms with E-state index < -0.39 is 0 Å². The van der Waals surface area contributed by atoms with Crippen LogP contribution in [-0.4, -0.2) is 0 Å². The van der Waals surface area contributed by atoms with Crippen LogP contribution in [0.4, 0.5) is 0 Å². The minimum Gasteiger partial charge on any atom is -0.115 e. The van der Waals surface area contributed by atoms with Crippen LogP contribution >= 0.6 is 0 Å². The van der Waals surface area contributed by atoms with Crippen molar-refractivity contribution in [3.63, 3.8) is 0 Å². The van der Waals surface area contributed by atoms with Crippen LogP contribution in [0.2, 0.25) is 0 Å². The number of hydrogen-bond donors (Lipinski definition) is 0. The molecule has 4 rings (SSSR count). The first-order valence-corrected chi connectivity index (χ1v) is 7.39. The zero-order valence-corrected chi connectivity index (χ0v) is 12.8. The van der Waals surface area contributed by atoms with Crippen molar-refractivity contribution in [3.05, 3.63) is 58.7 Å². The molecule has 0 bridgehead atoms. The molecule has 0 nitrogen and oxygen atoms in total. The van der Waals surface area contributed by atoms with Crippen molar-refractivity contribution in [3.8, 4) is 49.4 Å². The largest absolute Gasteiger partial charge is 0.115 e. The Labute approximate surface area is 140 Å². The maximum Gasteiger partial charge on any atom is 0.0568 e. The monoisotopic (exact) mass is 298 g/mol. The molecular formula is C24H10. The van der Waals surface area contributed by atoms with Gasteiger partial charge in [-0.3, -0.25) is 0 Å². The van der Waals surface area contributed by atoms with E-state index in [1.807, 2.05) is 36.4 Å². The predicted octanol–water partition coefficient (Wildman–Crippen LogP) is 4.51. The van der Waals surface area contributed by atoms with E-state index in [-0.39, 0.29) is 0 Å². The molecule has 0 unspecified atom stereocenters. The lowest BCUT2D eigenvalue weighted by atomic mass is 9.85. The van der Waals surface area contributed by atoms with Gasteiger partial charge in [0.2, 0.25) is 0 Å². The van der Waals surface area contributed by atoms with Crippen LogP contribution in [0.5, 0.6) is 0 Å².